The molecule has 0 saturated heterocycles. The molecule has 18 heavy (non-hydrogen) atoms. The van der Waals surface area contributed by atoms with Crippen molar-refractivity contribution in [2.24, 2.45) is 0 Å². The minimum atomic E-state index is -0.952. The van der Waals surface area contributed by atoms with Crippen LogP contribution in [0.4, 0.5) is 0 Å². The Morgan fingerprint density at radius 2 is 1.94 bits per heavy atom. The second kappa shape index (κ2) is 7.88. The van der Waals surface area contributed by atoms with E-state index in [1.165, 1.54) is 19.3 Å². The highest BCUT2D eigenvalue weighted by Gasteiger charge is 2.10. The van der Waals surface area contributed by atoms with Crippen molar-refractivity contribution in [1.82, 2.24) is 0 Å². The average molecular weight is 250 g/mol. The SMILES string of the molecule is CCCCCCCC(O)c1cccc(C(=O)O)c1. The quantitative estimate of drug-likeness (QED) is 0.690. The summed E-state index contributed by atoms with van der Waals surface area (Å²) in [4.78, 5) is 10.8. The monoisotopic (exact) mass is 250 g/mol. The van der Waals surface area contributed by atoms with Crippen molar-refractivity contribution in [2.75, 3.05) is 0 Å². The molecular formula is C15H22O3. The first kappa shape index (κ1) is 14.7. The molecule has 0 amide bonds. The summed E-state index contributed by atoms with van der Waals surface area (Å²) in [5.74, 6) is -0.952. The summed E-state index contributed by atoms with van der Waals surface area (Å²) < 4.78 is 0. The molecule has 0 heterocycles. The first-order valence-corrected chi connectivity index (χ1v) is 6.66. The average Bonchev–Trinajstić information content (AvgIpc) is 2.38. The molecule has 2 N–H and O–H groups in total. The predicted molar refractivity (Wildman–Crippen MR) is 71.7 cm³/mol. The zero-order chi connectivity index (χ0) is 13.4. The van der Waals surface area contributed by atoms with Gasteiger partial charge < -0.3 is 10.2 Å². The minimum Gasteiger partial charge on any atom is -0.478 e. The topological polar surface area (TPSA) is 57.5 Å². The Morgan fingerprint density at radius 1 is 1.22 bits per heavy atom. The fourth-order valence-corrected chi connectivity index (χ4v) is 1.99. The Hall–Kier alpha value is -1.35. The van der Waals surface area contributed by atoms with Gasteiger partial charge >= 0.3 is 5.97 Å². The highest BCUT2D eigenvalue weighted by Crippen LogP contribution is 2.21. The number of carboxylic acid groups (broad SMARTS) is 1. The molecule has 0 saturated carbocycles. The molecule has 0 aromatic heterocycles. The number of aliphatic hydroxyl groups excluding tert-OH is 1. The van der Waals surface area contributed by atoms with E-state index in [1.807, 2.05) is 0 Å². The minimum absolute atomic E-state index is 0.234. The van der Waals surface area contributed by atoms with E-state index in [1.54, 1.807) is 24.3 Å². The van der Waals surface area contributed by atoms with Crippen LogP contribution >= 0.6 is 0 Å². The second-order valence-electron chi connectivity index (χ2n) is 4.65. The van der Waals surface area contributed by atoms with E-state index in [0.29, 0.717) is 12.0 Å². The third kappa shape index (κ3) is 4.88. The maximum Gasteiger partial charge on any atom is 0.335 e. The van der Waals surface area contributed by atoms with E-state index in [2.05, 4.69) is 6.92 Å². The molecule has 1 atom stereocenters. The van der Waals surface area contributed by atoms with Gasteiger partial charge in [0.25, 0.3) is 0 Å². The summed E-state index contributed by atoms with van der Waals surface area (Å²) in [6, 6.07) is 6.56. The summed E-state index contributed by atoms with van der Waals surface area (Å²) in [5.41, 5.74) is 0.933. The normalized spacial score (nSPS) is 12.3. The molecule has 1 aromatic rings. The maximum absolute atomic E-state index is 10.8. The van der Waals surface area contributed by atoms with Crippen molar-refractivity contribution in [3.05, 3.63) is 35.4 Å². The van der Waals surface area contributed by atoms with Gasteiger partial charge in [0.2, 0.25) is 0 Å². The zero-order valence-electron chi connectivity index (χ0n) is 10.9. The number of rotatable bonds is 8. The number of aromatic carboxylic acids is 1. The van der Waals surface area contributed by atoms with Crippen molar-refractivity contribution >= 4 is 5.97 Å². The molecule has 1 rings (SSSR count). The highest BCUT2D eigenvalue weighted by atomic mass is 16.4. The Bertz CT molecular complexity index is 374. The Morgan fingerprint density at radius 3 is 2.61 bits per heavy atom. The van der Waals surface area contributed by atoms with Crippen LogP contribution in [0.5, 0.6) is 0 Å². The van der Waals surface area contributed by atoms with Gasteiger partial charge in [0.05, 0.1) is 11.7 Å². The molecule has 1 aromatic carbocycles. The number of hydrogen-bond acceptors (Lipinski definition) is 2. The predicted octanol–water partition coefficient (Wildman–Crippen LogP) is 3.78. The number of carbonyl (C=O) groups is 1. The van der Waals surface area contributed by atoms with Crippen molar-refractivity contribution in [2.45, 2.75) is 51.6 Å². The Kier molecular flexibility index (Phi) is 6.44. The molecule has 0 bridgehead atoms. The van der Waals surface area contributed by atoms with Crippen LogP contribution in [0.2, 0.25) is 0 Å². The van der Waals surface area contributed by atoms with Crippen LogP contribution in [-0.2, 0) is 0 Å². The summed E-state index contributed by atoms with van der Waals surface area (Å²) in [6.07, 6.45) is 5.92. The number of hydrogen-bond donors (Lipinski definition) is 2. The number of aliphatic hydroxyl groups is 1. The highest BCUT2D eigenvalue weighted by molar-refractivity contribution is 5.87. The van der Waals surface area contributed by atoms with E-state index in [0.717, 1.165) is 12.8 Å². The smallest absolute Gasteiger partial charge is 0.335 e. The fraction of sp³-hybridized carbons (Fsp3) is 0.533. The van der Waals surface area contributed by atoms with E-state index in [4.69, 9.17) is 5.11 Å². The molecule has 0 fully saturated rings. The number of unbranched alkanes of at least 4 members (excludes halogenated alkanes) is 4. The summed E-state index contributed by atoms with van der Waals surface area (Å²) in [7, 11) is 0. The molecule has 0 aliphatic carbocycles. The van der Waals surface area contributed by atoms with Crippen LogP contribution in [0, 0.1) is 0 Å². The van der Waals surface area contributed by atoms with Crippen LogP contribution < -0.4 is 0 Å². The molecule has 0 aliphatic heterocycles. The van der Waals surface area contributed by atoms with Gasteiger partial charge in [-0.3, -0.25) is 0 Å². The van der Waals surface area contributed by atoms with Gasteiger partial charge in [-0.15, -0.1) is 0 Å². The van der Waals surface area contributed by atoms with Crippen LogP contribution in [0.3, 0.4) is 0 Å². The molecule has 0 spiro atoms. The summed E-state index contributed by atoms with van der Waals surface area (Å²) in [5, 5.41) is 18.9. The van der Waals surface area contributed by atoms with Gasteiger partial charge in [0, 0.05) is 0 Å². The number of carboxylic acids is 1. The molecule has 0 radical (unpaired) electrons. The molecule has 1 unspecified atom stereocenters. The van der Waals surface area contributed by atoms with Crippen molar-refractivity contribution in [3.63, 3.8) is 0 Å². The second-order valence-corrected chi connectivity index (χ2v) is 4.65. The van der Waals surface area contributed by atoms with Gasteiger partial charge in [-0.25, -0.2) is 4.79 Å². The van der Waals surface area contributed by atoms with Crippen molar-refractivity contribution in [3.8, 4) is 0 Å². The lowest BCUT2D eigenvalue weighted by Gasteiger charge is -2.11. The molecular weight excluding hydrogens is 228 g/mol. The summed E-state index contributed by atoms with van der Waals surface area (Å²) in [6.45, 7) is 2.17. The third-order valence-electron chi connectivity index (χ3n) is 3.10. The fourth-order valence-electron chi connectivity index (χ4n) is 1.99. The van der Waals surface area contributed by atoms with Crippen LogP contribution in [-0.4, -0.2) is 16.2 Å². The van der Waals surface area contributed by atoms with Crippen LogP contribution in [0.1, 0.15) is 67.5 Å². The number of benzene rings is 1. The van der Waals surface area contributed by atoms with Gasteiger partial charge in [0.1, 0.15) is 0 Å². The van der Waals surface area contributed by atoms with Gasteiger partial charge in [-0.1, -0.05) is 51.2 Å². The first-order chi connectivity index (χ1) is 8.65. The van der Waals surface area contributed by atoms with Gasteiger partial charge in [-0.05, 0) is 24.1 Å². The van der Waals surface area contributed by atoms with Crippen LogP contribution in [0.15, 0.2) is 24.3 Å². The van der Waals surface area contributed by atoms with E-state index < -0.39 is 12.1 Å². The van der Waals surface area contributed by atoms with E-state index in [-0.39, 0.29) is 5.56 Å². The standard InChI is InChI=1S/C15H22O3/c1-2-3-4-5-6-10-14(16)12-8-7-9-13(11-12)15(17)18/h7-9,11,14,16H,2-6,10H2,1H3,(H,17,18). The lowest BCUT2D eigenvalue weighted by atomic mass is 10.0. The van der Waals surface area contributed by atoms with Crippen LogP contribution in [0.25, 0.3) is 0 Å². The van der Waals surface area contributed by atoms with Crippen molar-refractivity contribution < 1.29 is 15.0 Å². The maximum atomic E-state index is 10.8. The van der Waals surface area contributed by atoms with E-state index >= 15 is 0 Å². The van der Waals surface area contributed by atoms with Gasteiger partial charge in [-0.2, -0.15) is 0 Å². The Labute approximate surface area is 108 Å². The lowest BCUT2D eigenvalue weighted by Crippen LogP contribution is -2.01. The summed E-state index contributed by atoms with van der Waals surface area (Å²) >= 11 is 0. The third-order valence-corrected chi connectivity index (χ3v) is 3.10. The van der Waals surface area contributed by atoms with Crippen molar-refractivity contribution in [1.29, 1.82) is 0 Å². The first-order valence-electron chi connectivity index (χ1n) is 6.66. The molecule has 100 valence electrons. The lowest BCUT2D eigenvalue weighted by molar-refractivity contribution is 0.0696. The Balaban J connectivity index is 2.43. The van der Waals surface area contributed by atoms with Gasteiger partial charge in [0.15, 0.2) is 0 Å². The zero-order valence-corrected chi connectivity index (χ0v) is 10.9. The van der Waals surface area contributed by atoms with E-state index in [9.17, 15) is 9.90 Å². The molecule has 3 heteroatoms. The largest absolute Gasteiger partial charge is 0.478 e. The molecule has 0 aliphatic rings. The molecule has 3 nitrogen and oxygen atoms in total.